The highest BCUT2D eigenvalue weighted by Crippen LogP contribution is 2.43. The molecule has 7 heteroatoms. The number of aliphatic hydroxyl groups is 1. The van der Waals surface area contributed by atoms with E-state index >= 15 is 0 Å². The van der Waals surface area contributed by atoms with Crippen molar-refractivity contribution in [2.75, 3.05) is 4.90 Å². The highest BCUT2D eigenvalue weighted by atomic mass is 35.5. The Morgan fingerprint density at radius 3 is 2.50 bits per heavy atom. The van der Waals surface area contributed by atoms with E-state index in [0.29, 0.717) is 21.7 Å². The van der Waals surface area contributed by atoms with Crippen LogP contribution in [0.2, 0.25) is 5.02 Å². The maximum atomic E-state index is 14.9. The molecule has 0 saturated carbocycles. The predicted octanol–water partition coefficient (Wildman–Crippen LogP) is 6.01. The second-order valence-corrected chi connectivity index (χ2v) is 7.76. The number of hydrogen-bond donors (Lipinski definition) is 1. The summed E-state index contributed by atoms with van der Waals surface area (Å²) in [5, 5.41) is 11.8. The quantitative estimate of drug-likeness (QED) is 0.389. The van der Waals surface area contributed by atoms with Gasteiger partial charge in [0.25, 0.3) is 5.91 Å². The molecule has 5 rings (SSSR count). The van der Waals surface area contributed by atoms with Crippen molar-refractivity contribution < 1.29 is 23.5 Å². The summed E-state index contributed by atoms with van der Waals surface area (Å²) in [6.45, 7) is 0. The Morgan fingerprint density at radius 2 is 1.75 bits per heavy atom. The number of fused-ring (bicyclic) bond motifs is 1. The molecule has 0 spiro atoms. The Balaban J connectivity index is 1.69. The van der Waals surface area contributed by atoms with Crippen molar-refractivity contribution in [3.63, 3.8) is 0 Å². The monoisotopic (exact) mass is 447 g/mol. The number of aliphatic hydroxyl groups excluding tert-OH is 1. The van der Waals surface area contributed by atoms with E-state index < -0.39 is 29.3 Å². The number of rotatable bonds is 4. The smallest absolute Gasteiger partial charge is 0.294 e. The molecule has 1 amide bonds. The van der Waals surface area contributed by atoms with Gasteiger partial charge < -0.3 is 9.52 Å². The molecule has 0 bridgehead atoms. The Kier molecular flexibility index (Phi) is 4.79. The fourth-order valence-corrected chi connectivity index (χ4v) is 4.13. The second-order valence-electron chi connectivity index (χ2n) is 7.32. The lowest BCUT2D eigenvalue weighted by atomic mass is 9.94. The van der Waals surface area contributed by atoms with Crippen molar-refractivity contribution in [3.8, 4) is 0 Å². The lowest BCUT2D eigenvalue weighted by Gasteiger charge is -2.27. The van der Waals surface area contributed by atoms with Crippen molar-refractivity contribution in [1.29, 1.82) is 0 Å². The predicted molar refractivity (Wildman–Crippen MR) is 118 cm³/mol. The van der Waals surface area contributed by atoms with Gasteiger partial charge in [-0.2, -0.15) is 0 Å². The van der Waals surface area contributed by atoms with Crippen LogP contribution in [0.3, 0.4) is 0 Å². The molecule has 1 aliphatic heterocycles. The van der Waals surface area contributed by atoms with E-state index in [-0.39, 0.29) is 16.9 Å². The van der Waals surface area contributed by atoms with E-state index in [9.17, 15) is 19.1 Å². The average Bonchev–Trinajstić information content (AvgIpc) is 3.33. The molecule has 0 saturated heterocycles. The highest BCUT2D eigenvalue weighted by Gasteiger charge is 2.46. The van der Waals surface area contributed by atoms with Crippen LogP contribution in [-0.2, 0) is 4.79 Å². The minimum Gasteiger partial charge on any atom is -0.503 e. The van der Waals surface area contributed by atoms with Crippen LogP contribution < -0.4 is 4.90 Å². The van der Waals surface area contributed by atoms with Gasteiger partial charge in [0.2, 0.25) is 5.78 Å². The molecule has 0 radical (unpaired) electrons. The van der Waals surface area contributed by atoms with Gasteiger partial charge in [-0.15, -0.1) is 0 Å². The topological polar surface area (TPSA) is 70.8 Å². The van der Waals surface area contributed by atoms with Gasteiger partial charge in [-0.05, 0) is 36.4 Å². The summed E-state index contributed by atoms with van der Waals surface area (Å²) in [5.74, 6) is -2.98. The molecule has 3 aromatic carbocycles. The molecule has 1 aliphatic rings. The number of carbonyl (C=O) groups is 2. The maximum absolute atomic E-state index is 14.9. The first kappa shape index (κ1) is 20.0. The zero-order valence-corrected chi connectivity index (χ0v) is 17.2. The number of furan rings is 1. The number of ketones is 1. The van der Waals surface area contributed by atoms with Gasteiger partial charge in [-0.1, -0.05) is 54.1 Å². The first-order valence-corrected chi connectivity index (χ1v) is 10.1. The third kappa shape index (κ3) is 3.16. The molecule has 32 heavy (non-hydrogen) atoms. The van der Waals surface area contributed by atoms with Crippen molar-refractivity contribution in [2.45, 2.75) is 6.04 Å². The van der Waals surface area contributed by atoms with Crippen LogP contribution >= 0.6 is 11.6 Å². The molecule has 1 atom stereocenters. The normalized spacial score (nSPS) is 16.2. The number of hydrogen-bond acceptors (Lipinski definition) is 4. The van der Waals surface area contributed by atoms with Gasteiger partial charge in [-0.3, -0.25) is 14.5 Å². The molecule has 0 aliphatic carbocycles. The van der Waals surface area contributed by atoms with Crippen LogP contribution in [0.15, 0.2) is 94.6 Å². The minimum absolute atomic E-state index is 0.0596. The largest absolute Gasteiger partial charge is 0.503 e. The molecule has 0 fully saturated rings. The third-order valence-corrected chi connectivity index (χ3v) is 5.62. The first-order valence-electron chi connectivity index (χ1n) is 9.75. The fourth-order valence-electron chi connectivity index (χ4n) is 3.95. The van der Waals surface area contributed by atoms with Crippen molar-refractivity contribution >= 4 is 39.9 Å². The lowest BCUT2D eigenvalue weighted by molar-refractivity contribution is -0.117. The molecule has 1 aromatic heterocycles. The number of para-hydroxylation sites is 1. The Hall–Kier alpha value is -3.90. The lowest BCUT2D eigenvalue weighted by Crippen LogP contribution is -2.31. The van der Waals surface area contributed by atoms with E-state index in [4.69, 9.17) is 16.0 Å². The summed E-state index contributed by atoms with van der Waals surface area (Å²) in [6.07, 6.45) is 0. The number of amides is 1. The van der Waals surface area contributed by atoms with Gasteiger partial charge in [0.05, 0.1) is 11.6 Å². The average molecular weight is 448 g/mol. The van der Waals surface area contributed by atoms with Gasteiger partial charge in [0, 0.05) is 21.7 Å². The van der Waals surface area contributed by atoms with Crippen LogP contribution in [0.25, 0.3) is 11.0 Å². The number of benzene rings is 3. The minimum atomic E-state index is -1.21. The Labute approximate surface area is 186 Å². The molecule has 2 heterocycles. The van der Waals surface area contributed by atoms with Gasteiger partial charge in [0.15, 0.2) is 11.5 Å². The molecule has 158 valence electrons. The van der Waals surface area contributed by atoms with Crippen LogP contribution in [0.5, 0.6) is 0 Å². The van der Waals surface area contributed by atoms with Crippen molar-refractivity contribution in [1.82, 2.24) is 0 Å². The number of nitrogens with zero attached hydrogens (tertiary/aromatic N) is 1. The number of anilines is 1. The molecule has 1 N–H and O–H groups in total. The Bertz CT molecular complexity index is 1390. The summed E-state index contributed by atoms with van der Waals surface area (Å²) in [7, 11) is 0. The van der Waals surface area contributed by atoms with Crippen LogP contribution in [0, 0.1) is 5.82 Å². The summed E-state index contributed by atoms with van der Waals surface area (Å²) in [4.78, 5) is 27.7. The molecular weight excluding hydrogens is 433 g/mol. The first-order chi connectivity index (χ1) is 15.5. The van der Waals surface area contributed by atoms with Crippen LogP contribution in [0.4, 0.5) is 10.1 Å². The van der Waals surface area contributed by atoms with Gasteiger partial charge in [-0.25, -0.2) is 4.39 Å². The van der Waals surface area contributed by atoms with E-state index in [0.717, 1.165) is 4.90 Å². The van der Waals surface area contributed by atoms with E-state index in [2.05, 4.69) is 0 Å². The zero-order valence-electron chi connectivity index (χ0n) is 16.5. The van der Waals surface area contributed by atoms with Crippen LogP contribution in [0.1, 0.15) is 22.2 Å². The second kappa shape index (κ2) is 7.66. The van der Waals surface area contributed by atoms with Crippen molar-refractivity contribution in [2.24, 2.45) is 0 Å². The summed E-state index contributed by atoms with van der Waals surface area (Å²) in [6, 6.07) is 19.5. The SMILES string of the molecule is O=C(C1=C(O)C(=O)N(c2cccc(Cl)c2)C1c1ccccc1F)c1cc2ccccc2o1. The van der Waals surface area contributed by atoms with Gasteiger partial charge in [0.1, 0.15) is 11.4 Å². The standard InChI is InChI=1S/C25H15ClFNO4/c26-15-7-5-8-16(13-15)28-22(17-9-2-3-10-18(17)27)21(24(30)25(28)31)23(29)20-12-14-6-1-4-11-19(14)32-20/h1-13,22,30H. The van der Waals surface area contributed by atoms with E-state index in [1.165, 1.54) is 30.3 Å². The molecular formula is C25H15ClFNO4. The maximum Gasteiger partial charge on any atom is 0.294 e. The number of halogens is 2. The summed E-state index contributed by atoms with van der Waals surface area (Å²) in [5.41, 5.74) is 0.590. The van der Waals surface area contributed by atoms with Crippen LogP contribution in [-0.4, -0.2) is 16.8 Å². The molecule has 5 nitrogen and oxygen atoms in total. The zero-order chi connectivity index (χ0) is 22.4. The van der Waals surface area contributed by atoms with Gasteiger partial charge >= 0.3 is 0 Å². The summed E-state index contributed by atoms with van der Waals surface area (Å²) < 4.78 is 20.5. The summed E-state index contributed by atoms with van der Waals surface area (Å²) >= 11 is 6.10. The molecule has 4 aromatic rings. The number of carbonyl (C=O) groups excluding carboxylic acids is 2. The highest BCUT2D eigenvalue weighted by molar-refractivity contribution is 6.31. The van der Waals surface area contributed by atoms with E-state index in [1.54, 1.807) is 48.5 Å². The molecule has 1 unspecified atom stereocenters. The van der Waals surface area contributed by atoms with E-state index in [1.807, 2.05) is 0 Å². The Morgan fingerprint density at radius 1 is 1.00 bits per heavy atom. The fraction of sp³-hybridized carbons (Fsp3) is 0.0400. The van der Waals surface area contributed by atoms with Crippen molar-refractivity contribution in [3.05, 3.63) is 112 Å². The number of Topliss-reactive ketones (excluding diaryl/α,β-unsaturated/α-hetero) is 1. The third-order valence-electron chi connectivity index (χ3n) is 5.39.